The average Bonchev–Trinajstić information content (AvgIpc) is 2.42. The lowest BCUT2D eigenvalue weighted by Gasteiger charge is -2.50. The second-order valence-electron chi connectivity index (χ2n) is 5.44. The van der Waals surface area contributed by atoms with Crippen molar-refractivity contribution in [2.24, 2.45) is 5.41 Å². The Hall–Kier alpha value is -0.610. The molecule has 1 saturated carbocycles. The summed E-state index contributed by atoms with van der Waals surface area (Å²) in [4.78, 5) is 12.6. The predicted octanol–water partition coefficient (Wildman–Crippen LogP) is 1.09. The Kier molecular flexibility index (Phi) is 3.50. The number of aliphatic hydroxyl groups excluding tert-OH is 1. The smallest absolute Gasteiger partial charge is 0.333 e. The molecule has 1 atom stereocenters. The molecule has 2 N–H and O–H groups in total. The summed E-state index contributed by atoms with van der Waals surface area (Å²) in [6.45, 7) is 2.26. The Labute approximate surface area is 96.3 Å². The molecule has 16 heavy (non-hydrogen) atoms. The third kappa shape index (κ3) is 2.55. The number of aliphatic hydroxyl groups is 1. The van der Waals surface area contributed by atoms with E-state index in [4.69, 9.17) is 5.11 Å². The van der Waals surface area contributed by atoms with Gasteiger partial charge in [-0.1, -0.05) is 25.7 Å². The predicted molar refractivity (Wildman–Crippen MR) is 60.2 cm³/mol. The fourth-order valence-corrected chi connectivity index (χ4v) is 3.15. The van der Waals surface area contributed by atoms with Gasteiger partial charge in [0.2, 0.25) is 0 Å². The van der Waals surface area contributed by atoms with Crippen LogP contribution >= 0.6 is 0 Å². The fourth-order valence-electron chi connectivity index (χ4n) is 3.15. The van der Waals surface area contributed by atoms with Gasteiger partial charge in [-0.05, 0) is 18.3 Å². The molecule has 0 aromatic rings. The first-order chi connectivity index (χ1) is 7.61. The summed E-state index contributed by atoms with van der Waals surface area (Å²) in [6.07, 6.45) is 6.67. The Bertz CT molecular complexity index is 251. The second-order valence-corrected chi connectivity index (χ2v) is 5.44. The third-order valence-corrected chi connectivity index (χ3v) is 4.00. The summed E-state index contributed by atoms with van der Waals surface area (Å²) in [5.74, 6) is -1.11. The van der Waals surface area contributed by atoms with Crippen molar-refractivity contribution < 1.29 is 15.0 Å². The molecule has 4 heteroatoms. The summed E-state index contributed by atoms with van der Waals surface area (Å²) in [7, 11) is 0. The number of aliphatic carboxylic acids is 1. The van der Waals surface area contributed by atoms with Crippen molar-refractivity contribution in [2.75, 3.05) is 19.6 Å². The van der Waals surface area contributed by atoms with E-state index in [0.717, 1.165) is 13.1 Å². The van der Waals surface area contributed by atoms with Crippen LogP contribution in [0.4, 0.5) is 0 Å². The first-order valence-electron chi connectivity index (χ1n) is 6.25. The lowest BCUT2D eigenvalue weighted by atomic mass is 9.73. The second kappa shape index (κ2) is 4.72. The van der Waals surface area contributed by atoms with E-state index < -0.39 is 12.1 Å². The maximum absolute atomic E-state index is 10.5. The van der Waals surface area contributed by atoms with Crippen molar-refractivity contribution in [3.8, 4) is 0 Å². The SMILES string of the molecule is O=C(O)C(O)CN1CC2(CCCCCC2)C1. The van der Waals surface area contributed by atoms with Gasteiger partial charge in [-0.2, -0.15) is 0 Å². The van der Waals surface area contributed by atoms with Crippen molar-refractivity contribution in [3.05, 3.63) is 0 Å². The summed E-state index contributed by atoms with van der Waals surface area (Å²) in [5.41, 5.74) is 0.453. The molecule has 1 heterocycles. The highest BCUT2D eigenvalue weighted by Gasteiger charge is 2.43. The zero-order valence-electron chi connectivity index (χ0n) is 9.69. The molecule has 2 rings (SSSR count). The van der Waals surface area contributed by atoms with Crippen molar-refractivity contribution in [3.63, 3.8) is 0 Å². The molecule has 0 amide bonds. The largest absolute Gasteiger partial charge is 0.479 e. The van der Waals surface area contributed by atoms with Crippen LogP contribution in [0.1, 0.15) is 38.5 Å². The number of carboxylic acids is 1. The van der Waals surface area contributed by atoms with E-state index in [-0.39, 0.29) is 6.54 Å². The van der Waals surface area contributed by atoms with Crippen LogP contribution < -0.4 is 0 Å². The van der Waals surface area contributed by atoms with Crippen LogP contribution in [0.5, 0.6) is 0 Å². The number of likely N-dealkylation sites (tertiary alicyclic amines) is 1. The van der Waals surface area contributed by atoms with E-state index in [2.05, 4.69) is 4.90 Å². The van der Waals surface area contributed by atoms with Crippen molar-refractivity contribution in [2.45, 2.75) is 44.6 Å². The van der Waals surface area contributed by atoms with Gasteiger partial charge in [-0.3, -0.25) is 4.90 Å². The maximum Gasteiger partial charge on any atom is 0.333 e. The first-order valence-corrected chi connectivity index (χ1v) is 6.25. The minimum Gasteiger partial charge on any atom is -0.479 e. The van der Waals surface area contributed by atoms with Gasteiger partial charge in [-0.15, -0.1) is 0 Å². The van der Waals surface area contributed by atoms with E-state index in [1.807, 2.05) is 0 Å². The van der Waals surface area contributed by atoms with E-state index >= 15 is 0 Å². The van der Waals surface area contributed by atoms with Gasteiger partial charge >= 0.3 is 5.97 Å². The van der Waals surface area contributed by atoms with Crippen LogP contribution in [0.15, 0.2) is 0 Å². The van der Waals surface area contributed by atoms with Gasteiger partial charge in [0.15, 0.2) is 6.10 Å². The molecule has 1 saturated heterocycles. The van der Waals surface area contributed by atoms with Gasteiger partial charge in [0, 0.05) is 19.6 Å². The molecular formula is C12H21NO3. The first kappa shape index (κ1) is 11.9. The topological polar surface area (TPSA) is 60.8 Å². The minimum atomic E-state index is -1.22. The van der Waals surface area contributed by atoms with E-state index in [1.165, 1.54) is 38.5 Å². The molecule has 0 radical (unpaired) electrons. The number of hydrogen-bond donors (Lipinski definition) is 2. The lowest BCUT2D eigenvalue weighted by Crippen LogP contribution is -2.58. The van der Waals surface area contributed by atoms with Crippen LogP contribution in [-0.4, -0.2) is 46.8 Å². The Morgan fingerprint density at radius 2 is 1.75 bits per heavy atom. The molecule has 1 aliphatic heterocycles. The number of β-amino-alcohol motifs (C(OH)–C–C–N with tert-alkyl or cyclic N) is 1. The Morgan fingerprint density at radius 3 is 2.25 bits per heavy atom. The number of nitrogens with zero attached hydrogens (tertiary/aromatic N) is 1. The summed E-state index contributed by atoms with van der Waals surface area (Å²) >= 11 is 0. The monoisotopic (exact) mass is 227 g/mol. The standard InChI is InChI=1S/C12H21NO3/c14-10(11(15)16)7-13-8-12(9-13)5-3-1-2-4-6-12/h10,14H,1-9H2,(H,15,16). The zero-order valence-corrected chi connectivity index (χ0v) is 9.69. The van der Waals surface area contributed by atoms with Crippen LogP contribution in [0.3, 0.4) is 0 Å². The third-order valence-electron chi connectivity index (χ3n) is 4.00. The normalized spacial score (nSPS) is 27.1. The van der Waals surface area contributed by atoms with Crippen LogP contribution in [0, 0.1) is 5.41 Å². The van der Waals surface area contributed by atoms with Gasteiger partial charge in [0.1, 0.15) is 0 Å². The fraction of sp³-hybridized carbons (Fsp3) is 0.917. The zero-order chi connectivity index (χ0) is 11.6. The minimum absolute atomic E-state index is 0.289. The molecule has 1 unspecified atom stereocenters. The van der Waals surface area contributed by atoms with Crippen molar-refractivity contribution in [1.82, 2.24) is 4.90 Å². The molecule has 2 fully saturated rings. The summed E-state index contributed by atoms with van der Waals surface area (Å²) in [5, 5.41) is 17.9. The highest BCUT2D eigenvalue weighted by atomic mass is 16.4. The van der Waals surface area contributed by atoms with E-state index in [1.54, 1.807) is 0 Å². The molecule has 0 bridgehead atoms. The molecule has 4 nitrogen and oxygen atoms in total. The average molecular weight is 227 g/mol. The van der Waals surface area contributed by atoms with Crippen molar-refractivity contribution in [1.29, 1.82) is 0 Å². The van der Waals surface area contributed by atoms with Crippen LogP contribution in [0.25, 0.3) is 0 Å². The van der Waals surface area contributed by atoms with Gasteiger partial charge in [0.25, 0.3) is 0 Å². The van der Waals surface area contributed by atoms with Gasteiger partial charge in [0.05, 0.1) is 0 Å². The van der Waals surface area contributed by atoms with Crippen LogP contribution in [-0.2, 0) is 4.79 Å². The molecule has 1 spiro atoms. The van der Waals surface area contributed by atoms with Crippen LogP contribution in [0.2, 0.25) is 0 Å². The van der Waals surface area contributed by atoms with E-state index in [9.17, 15) is 9.90 Å². The molecule has 2 aliphatic rings. The summed E-state index contributed by atoms with van der Waals surface area (Å²) in [6, 6.07) is 0. The van der Waals surface area contributed by atoms with E-state index in [0.29, 0.717) is 5.41 Å². The molecule has 0 aromatic carbocycles. The highest BCUT2D eigenvalue weighted by molar-refractivity contribution is 5.72. The number of rotatable bonds is 3. The molecule has 92 valence electrons. The maximum atomic E-state index is 10.5. The van der Waals surface area contributed by atoms with Crippen molar-refractivity contribution >= 4 is 5.97 Å². The van der Waals surface area contributed by atoms with Gasteiger partial charge < -0.3 is 10.2 Å². The number of carboxylic acid groups (broad SMARTS) is 1. The Balaban J connectivity index is 1.77. The molecule has 0 aromatic heterocycles. The Morgan fingerprint density at radius 1 is 1.19 bits per heavy atom. The lowest BCUT2D eigenvalue weighted by molar-refractivity contribution is -0.149. The van der Waals surface area contributed by atoms with Gasteiger partial charge in [-0.25, -0.2) is 4.79 Å². The molecular weight excluding hydrogens is 206 g/mol. The highest BCUT2D eigenvalue weighted by Crippen LogP contribution is 2.42. The molecule has 1 aliphatic carbocycles. The quantitative estimate of drug-likeness (QED) is 0.757. The number of hydrogen-bond acceptors (Lipinski definition) is 3. The number of carbonyl (C=O) groups is 1. The summed E-state index contributed by atoms with van der Waals surface area (Å²) < 4.78 is 0.